The number of nitriles is 1. The van der Waals surface area contributed by atoms with Crippen molar-refractivity contribution in [2.45, 2.75) is 0 Å². The number of pyridine rings is 1. The van der Waals surface area contributed by atoms with E-state index in [0.29, 0.717) is 10.5 Å². The van der Waals surface area contributed by atoms with Gasteiger partial charge in [0, 0.05) is 17.1 Å². The van der Waals surface area contributed by atoms with Gasteiger partial charge in [-0.05, 0) is 41.1 Å². The predicted molar refractivity (Wildman–Crippen MR) is 103 cm³/mol. The van der Waals surface area contributed by atoms with Crippen LogP contribution in [0.15, 0.2) is 59.6 Å². The van der Waals surface area contributed by atoms with Crippen LogP contribution >= 0.6 is 11.8 Å². The summed E-state index contributed by atoms with van der Waals surface area (Å²) in [4.78, 5) is 16.7. The van der Waals surface area contributed by atoms with E-state index < -0.39 is 0 Å². The Balaban J connectivity index is 1.93. The van der Waals surface area contributed by atoms with Crippen molar-refractivity contribution < 1.29 is 4.79 Å². The second-order valence-corrected chi connectivity index (χ2v) is 6.75. The molecule has 2 N–H and O–H groups in total. The molecule has 1 aromatic heterocycles. The van der Waals surface area contributed by atoms with Crippen LogP contribution in [0, 0.1) is 16.7 Å². The van der Waals surface area contributed by atoms with Crippen LogP contribution in [-0.2, 0) is 4.79 Å². The smallest absolute Gasteiger partial charge is 0.264 e. The third-order valence-corrected chi connectivity index (χ3v) is 4.86. The number of amidine groups is 1. The first-order valence-electron chi connectivity index (χ1n) is 7.83. The Morgan fingerprint density at radius 2 is 2.00 bits per heavy atom. The van der Waals surface area contributed by atoms with Crippen LogP contribution in [0.3, 0.4) is 0 Å². The van der Waals surface area contributed by atoms with Gasteiger partial charge in [0.2, 0.25) is 0 Å². The summed E-state index contributed by atoms with van der Waals surface area (Å²) in [5, 5.41) is 20.5. The molecule has 2 heterocycles. The number of thioether (sulfide) groups is 1. The highest BCUT2D eigenvalue weighted by molar-refractivity contribution is 8.18. The Labute approximate surface area is 153 Å². The lowest BCUT2D eigenvalue weighted by Gasteiger charge is -2.09. The Morgan fingerprint density at radius 3 is 2.69 bits per heavy atom. The summed E-state index contributed by atoms with van der Waals surface area (Å²) in [5.41, 5.74) is 3.87. The van der Waals surface area contributed by atoms with E-state index in [1.807, 2.05) is 48.5 Å². The van der Waals surface area contributed by atoms with Crippen LogP contribution < -0.4 is 5.32 Å². The molecule has 2 aromatic carbocycles. The van der Waals surface area contributed by atoms with E-state index in [2.05, 4.69) is 16.4 Å². The number of carbonyl (C=O) groups excluding carboxylic acids is 1. The molecule has 3 aromatic rings. The molecular formula is C20H12N4OS. The molecule has 1 aliphatic heterocycles. The molecule has 4 rings (SSSR count). The molecule has 0 aliphatic carbocycles. The lowest BCUT2D eigenvalue weighted by Crippen LogP contribution is -2.18. The van der Waals surface area contributed by atoms with Crippen LogP contribution in [0.25, 0.3) is 28.1 Å². The third kappa shape index (κ3) is 2.85. The molecule has 0 saturated carbocycles. The Hall–Kier alpha value is -3.43. The van der Waals surface area contributed by atoms with Crippen molar-refractivity contribution >= 4 is 39.8 Å². The van der Waals surface area contributed by atoms with Crippen LogP contribution in [0.2, 0.25) is 0 Å². The molecule has 0 radical (unpaired) electrons. The van der Waals surface area contributed by atoms with Gasteiger partial charge in [-0.25, -0.2) is 0 Å². The van der Waals surface area contributed by atoms with E-state index in [4.69, 9.17) is 5.41 Å². The number of benzene rings is 2. The van der Waals surface area contributed by atoms with E-state index in [1.165, 1.54) is 0 Å². The molecule has 0 unspecified atom stereocenters. The van der Waals surface area contributed by atoms with Crippen molar-refractivity contribution in [3.05, 3.63) is 70.8 Å². The third-order valence-electron chi connectivity index (χ3n) is 4.04. The lowest BCUT2D eigenvalue weighted by molar-refractivity contribution is -0.115. The second-order valence-electron chi connectivity index (χ2n) is 5.70. The van der Waals surface area contributed by atoms with Crippen LogP contribution in [0.1, 0.15) is 11.1 Å². The van der Waals surface area contributed by atoms with Crippen LogP contribution in [0.4, 0.5) is 0 Å². The molecule has 0 spiro atoms. The maximum atomic E-state index is 11.8. The van der Waals surface area contributed by atoms with E-state index >= 15 is 0 Å². The van der Waals surface area contributed by atoms with Crippen molar-refractivity contribution in [3.63, 3.8) is 0 Å². The fourth-order valence-corrected chi connectivity index (χ4v) is 3.60. The molecule has 1 saturated heterocycles. The zero-order chi connectivity index (χ0) is 18.1. The van der Waals surface area contributed by atoms with Gasteiger partial charge in [-0.2, -0.15) is 5.26 Å². The molecule has 1 aliphatic rings. The van der Waals surface area contributed by atoms with Crippen molar-refractivity contribution in [2.24, 2.45) is 0 Å². The lowest BCUT2D eigenvalue weighted by atomic mass is 9.96. The van der Waals surface area contributed by atoms with Gasteiger partial charge in [0.05, 0.1) is 16.0 Å². The number of amides is 1. The molecule has 6 heteroatoms. The maximum Gasteiger partial charge on any atom is 0.264 e. The fourth-order valence-electron chi connectivity index (χ4n) is 2.89. The predicted octanol–water partition coefficient (Wildman–Crippen LogP) is 3.91. The number of nitrogens with zero attached hydrogens (tertiary/aromatic N) is 2. The van der Waals surface area contributed by atoms with Crippen molar-refractivity contribution in [3.8, 4) is 17.2 Å². The minimum atomic E-state index is -0.271. The summed E-state index contributed by atoms with van der Waals surface area (Å²) >= 11 is 1.10. The van der Waals surface area contributed by atoms with Gasteiger partial charge >= 0.3 is 0 Å². The second kappa shape index (κ2) is 6.47. The van der Waals surface area contributed by atoms with Gasteiger partial charge < -0.3 is 5.32 Å². The van der Waals surface area contributed by atoms with Gasteiger partial charge in [-0.1, -0.05) is 36.4 Å². The highest BCUT2D eigenvalue weighted by Crippen LogP contribution is 2.32. The summed E-state index contributed by atoms with van der Waals surface area (Å²) in [5.74, 6) is -0.271. The number of fused-ring (bicyclic) bond motifs is 1. The number of carbonyl (C=O) groups is 1. The summed E-state index contributed by atoms with van der Waals surface area (Å²) < 4.78 is 0. The van der Waals surface area contributed by atoms with Crippen molar-refractivity contribution in [1.82, 2.24) is 10.3 Å². The Morgan fingerprint density at radius 1 is 1.19 bits per heavy atom. The largest absolute Gasteiger partial charge is 0.301 e. The zero-order valence-corrected chi connectivity index (χ0v) is 14.3. The quantitative estimate of drug-likeness (QED) is 0.681. The number of rotatable bonds is 2. The van der Waals surface area contributed by atoms with Crippen LogP contribution in [-0.4, -0.2) is 16.1 Å². The maximum absolute atomic E-state index is 11.8. The Bertz CT molecular complexity index is 1130. The fraction of sp³-hybridized carbons (Fsp3) is 0. The summed E-state index contributed by atoms with van der Waals surface area (Å²) in [7, 11) is 0. The summed E-state index contributed by atoms with van der Waals surface area (Å²) in [6.07, 6.45) is 3.33. The van der Waals surface area contributed by atoms with Crippen LogP contribution in [0.5, 0.6) is 0 Å². The zero-order valence-electron chi connectivity index (χ0n) is 13.5. The minimum absolute atomic E-state index is 0.125. The first-order chi connectivity index (χ1) is 12.7. The molecule has 1 fully saturated rings. The molecule has 124 valence electrons. The SMILES string of the molecule is N#Cc1cnc2ccc(/C=C3\SC(=N)NC3=O)cc2c1-c1ccccc1. The van der Waals surface area contributed by atoms with E-state index in [-0.39, 0.29) is 11.1 Å². The number of hydrogen-bond donors (Lipinski definition) is 2. The molecule has 5 nitrogen and oxygen atoms in total. The standard InChI is InChI=1S/C20H12N4OS/c21-10-14-11-23-16-7-6-12(9-17-19(25)24-20(22)26-17)8-15(16)18(14)13-4-2-1-3-5-13/h1-9,11H,(H2,22,24,25)/b17-9-. The highest BCUT2D eigenvalue weighted by atomic mass is 32.2. The monoisotopic (exact) mass is 356 g/mol. The molecule has 0 atom stereocenters. The molecule has 26 heavy (non-hydrogen) atoms. The van der Waals surface area contributed by atoms with E-state index in [1.54, 1.807) is 12.3 Å². The van der Waals surface area contributed by atoms with Gasteiger partial charge in [0.15, 0.2) is 5.17 Å². The number of aromatic nitrogens is 1. The average Bonchev–Trinajstić information content (AvgIpc) is 2.98. The minimum Gasteiger partial charge on any atom is -0.301 e. The van der Waals surface area contributed by atoms with Gasteiger partial charge in [-0.15, -0.1) is 0 Å². The normalized spacial score (nSPS) is 15.3. The number of nitrogens with one attached hydrogen (secondary N) is 2. The van der Waals surface area contributed by atoms with Crippen molar-refractivity contribution in [1.29, 1.82) is 10.7 Å². The van der Waals surface area contributed by atoms with Gasteiger partial charge in [0.25, 0.3) is 5.91 Å². The Kier molecular flexibility index (Phi) is 3.99. The van der Waals surface area contributed by atoms with Crippen molar-refractivity contribution in [2.75, 3.05) is 0 Å². The van der Waals surface area contributed by atoms with E-state index in [0.717, 1.165) is 39.4 Å². The first-order valence-corrected chi connectivity index (χ1v) is 8.65. The topological polar surface area (TPSA) is 89.6 Å². The van der Waals surface area contributed by atoms with Gasteiger partial charge in [-0.3, -0.25) is 15.2 Å². The van der Waals surface area contributed by atoms with E-state index in [9.17, 15) is 10.1 Å². The van der Waals surface area contributed by atoms with Gasteiger partial charge in [0.1, 0.15) is 6.07 Å². The number of hydrogen-bond acceptors (Lipinski definition) is 5. The summed E-state index contributed by atoms with van der Waals surface area (Å²) in [6, 6.07) is 17.6. The first kappa shape index (κ1) is 16.1. The molecule has 1 amide bonds. The highest BCUT2D eigenvalue weighted by Gasteiger charge is 2.22. The molecular weight excluding hydrogens is 344 g/mol. The average molecular weight is 356 g/mol. The molecule has 0 bridgehead atoms. The summed E-state index contributed by atoms with van der Waals surface area (Å²) in [6.45, 7) is 0.